The Balaban J connectivity index is 1.88. The predicted molar refractivity (Wildman–Crippen MR) is 85.1 cm³/mol. The number of piperidine rings is 1. The van der Waals surface area contributed by atoms with Crippen LogP contribution in [0.15, 0.2) is 35.3 Å². The summed E-state index contributed by atoms with van der Waals surface area (Å²) in [5, 5.41) is 6.35. The van der Waals surface area contributed by atoms with E-state index in [1.807, 2.05) is 37.2 Å². The fourth-order valence-corrected chi connectivity index (χ4v) is 2.35. The first kappa shape index (κ1) is 15.4. The van der Waals surface area contributed by atoms with Crippen LogP contribution in [0.2, 0.25) is 0 Å². The fourth-order valence-electron chi connectivity index (χ4n) is 2.35. The van der Waals surface area contributed by atoms with Gasteiger partial charge in [-0.25, -0.2) is 4.99 Å². The Hall–Kier alpha value is -2.04. The summed E-state index contributed by atoms with van der Waals surface area (Å²) in [5.41, 5.74) is 1.18. The van der Waals surface area contributed by atoms with E-state index in [0.717, 1.165) is 25.3 Å². The average molecular weight is 288 g/mol. The summed E-state index contributed by atoms with van der Waals surface area (Å²) in [6, 6.07) is 10.4. The Labute approximate surface area is 126 Å². The monoisotopic (exact) mass is 288 g/mol. The maximum atomic E-state index is 11.4. The van der Waals surface area contributed by atoms with E-state index < -0.39 is 0 Å². The second-order valence-corrected chi connectivity index (χ2v) is 5.56. The molecular formula is C16H24N4O. The molecule has 0 aromatic heterocycles. The van der Waals surface area contributed by atoms with Crippen molar-refractivity contribution in [2.45, 2.75) is 31.8 Å². The summed E-state index contributed by atoms with van der Waals surface area (Å²) in [7, 11) is 3.94. The largest absolute Gasteiger partial charge is 0.354 e. The maximum absolute atomic E-state index is 11.4. The summed E-state index contributed by atoms with van der Waals surface area (Å²) < 4.78 is 0. The van der Waals surface area contributed by atoms with Crippen LogP contribution in [0.5, 0.6) is 0 Å². The number of amides is 1. The quantitative estimate of drug-likeness (QED) is 0.650. The van der Waals surface area contributed by atoms with Gasteiger partial charge in [0.2, 0.25) is 5.91 Å². The third-order valence-electron chi connectivity index (χ3n) is 3.51. The lowest BCUT2D eigenvalue weighted by Crippen LogP contribution is -2.48. The van der Waals surface area contributed by atoms with Gasteiger partial charge in [-0.1, -0.05) is 30.3 Å². The molecule has 0 aliphatic carbocycles. The molecular weight excluding hydrogens is 264 g/mol. The molecule has 1 aromatic carbocycles. The van der Waals surface area contributed by atoms with E-state index in [1.165, 1.54) is 5.56 Å². The van der Waals surface area contributed by atoms with Gasteiger partial charge in [0.1, 0.15) is 0 Å². The van der Waals surface area contributed by atoms with Crippen molar-refractivity contribution in [3.63, 3.8) is 0 Å². The number of guanidine groups is 1. The Kier molecular flexibility index (Phi) is 5.60. The van der Waals surface area contributed by atoms with E-state index in [0.29, 0.717) is 13.0 Å². The third kappa shape index (κ3) is 5.10. The molecule has 0 saturated carbocycles. The molecule has 1 fully saturated rings. The summed E-state index contributed by atoms with van der Waals surface area (Å²) in [4.78, 5) is 18.0. The first-order valence-electron chi connectivity index (χ1n) is 7.44. The molecule has 1 aliphatic rings. The van der Waals surface area contributed by atoms with Gasteiger partial charge in [0.15, 0.2) is 5.96 Å². The Morgan fingerprint density at radius 3 is 2.81 bits per heavy atom. The van der Waals surface area contributed by atoms with E-state index in [1.54, 1.807) is 0 Å². The highest BCUT2D eigenvalue weighted by atomic mass is 16.1. The van der Waals surface area contributed by atoms with Crippen molar-refractivity contribution >= 4 is 11.9 Å². The second kappa shape index (κ2) is 7.67. The van der Waals surface area contributed by atoms with E-state index in [2.05, 4.69) is 27.8 Å². The minimum atomic E-state index is 0.153. The number of carbonyl (C=O) groups is 1. The van der Waals surface area contributed by atoms with Gasteiger partial charge in [-0.2, -0.15) is 0 Å². The highest BCUT2D eigenvalue weighted by Gasteiger charge is 2.18. The first-order valence-corrected chi connectivity index (χ1v) is 7.44. The molecule has 1 atom stereocenters. The van der Waals surface area contributed by atoms with Gasteiger partial charge in [-0.05, 0) is 18.4 Å². The summed E-state index contributed by atoms with van der Waals surface area (Å²) in [6.45, 7) is 1.37. The van der Waals surface area contributed by atoms with Gasteiger partial charge in [0.05, 0.1) is 6.54 Å². The van der Waals surface area contributed by atoms with Gasteiger partial charge in [0, 0.05) is 33.1 Å². The van der Waals surface area contributed by atoms with E-state index >= 15 is 0 Å². The van der Waals surface area contributed by atoms with Crippen molar-refractivity contribution < 1.29 is 4.79 Å². The molecule has 0 bridgehead atoms. The Morgan fingerprint density at radius 1 is 1.38 bits per heavy atom. The second-order valence-electron chi connectivity index (χ2n) is 5.56. The first-order chi connectivity index (χ1) is 10.1. The average Bonchev–Trinajstić information content (AvgIpc) is 2.48. The van der Waals surface area contributed by atoms with Crippen LogP contribution in [0.1, 0.15) is 24.8 Å². The smallest absolute Gasteiger partial charge is 0.220 e. The van der Waals surface area contributed by atoms with Crippen molar-refractivity contribution in [3.8, 4) is 0 Å². The van der Waals surface area contributed by atoms with Crippen LogP contribution in [-0.4, -0.2) is 43.4 Å². The number of aliphatic imine (C=N–C) groups is 1. The van der Waals surface area contributed by atoms with Crippen LogP contribution in [-0.2, 0) is 11.3 Å². The van der Waals surface area contributed by atoms with Crippen molar-refractivity contribution in [1.29, 1.82) is 0 Å². The predicted octanol–water partition coefficient (Wildman–Crippen LogP) is 1.36. The molecule has 1 saturated heterocycles. The number of rotatable bonds is 4. The topological polar surface area (TPSA) is 56.7 Å². The normalized spacial score (nSPS) is 19.0. The number of hydrogen-bond donors (Lipinski definition) is 2. The maximum Gasteiger partial charge on any atom is 0.220 e. The van der Waals surface area contributed by atoms with Crippen molar-refractivity contribution in [2.24, 2.45) is 4.99 Å². The number of benzene rings is 1. The van der Waals surface area contributed by atoms with Crippen LogP contribution in [0.25, 0.3) is 0 Å². The molecule has 1 amide bonds. The SMILES string of the molecule is CN(C)C(=NCc1ccccc1)NCC1CCCC(=O)N1. The van der Waals surface area contributed by atoms with Crippen molar-refractivity contribution in [2.75, 3.05) is 20.6 Å². The lowest BCUT2D eigenvalue weighted by Gasteiger charge is -2.25. The standard InChI is InChI=1S/C16H24N4O/c1-20(2)16(17-11-13-7-4-3-5-8-13)18-12-14-9-6-10-15(21)19-14/h3-5,7-8,14H,6,9-12H2,1-2H3,(H,17,18)(H,19,21). The number of nitrogens with one attached hydrogen (secondary N) is 2. The highest BCUT2D eigenvalue weighted by Crippen LogP contribution is 2.07. The van der Waals surface area contributed by atoms with Crippen LogP contribution >= 0.6 is 0 Å². The zero-order valence-electron chi connectivity index (χ0n) is 12.8. The third-order valence-corrected chi connectivity index (χ3v) is 3.51. The molecule has 21 heavy (non-hydrogen) atoms. The number of nitrogens with zero attached hydrogens (tertiary/aromatic N) is 2. The van der Waals surface area contributed by atoms with Crippen LogP contribution in [0.3, 0.4) is 0 Å². The lowest BCUT2D eigenvalue weighted by molar-refractivity contribution is -0.123. The molecule has 5 heteroatoms. The van der Waals surface area contributed by atoms with Crippen LogP contribution in [0.4, 0.5) is 0 Å². The number of carbonyl (C=O) groups excluding carboxylic acids is 1. The number of hydrogen-bond acceptors (Lipinski definition) is 2. The Morgan fingerprint density at radius 2 is 2.14 bits per heavy atom. The molecule has 1 aromatic rings. The Bertz CT molecular complexity index is 484. The van der Waals surface area contributed by atoms with E-state index in [9.17, 15) is 4.79 Å². The van der Waals surface area contributed by atoms with Gasteiger partial charge in [-0.15, -0.1) is 0 Å². The van der Waals surface area contributed by atoms with Crippen LogP contribution < -0.4 is 10.6 Å². The summed E-state index contributed by atoms with van der Waals surface area (Å²) >= 11 is 0. The molecule has 0 radical (unpaired) electrons. The zero-order chi connectivity index (χ0) is 15.1. The molecule has 1 heterocycles. The fraction of sp³-hybridized carbons (Fsp3) is 0.500. The highest BCUT2D eigenvalue weighted by molar-refractivity contribution is 5.80. The zero-order valence-corrected chi connectivity index (χ0v) is 12.8. The molecule has 2 N–H and O–H groups in total. The van der Waals surface area contributed by atoms with Crippen molar-refractivity contribution in [1.82, 2.24) is 15.5 Å². The molecule has 1 aliphatic heterocycles. The van der Waals surface area contributed by atoms with E-state index in [4.69, 9.17) is 0 Å². The molecule has 2 rings (SSSR count). The van der Waals surface area contributed by atoms with Gasteiger partial charge >= 0.3 is 0 Å². The molecule has 114 valence electrons. The molecule has 0 spiro atoms. The van der Waals surface area contributed by atoms with Crippen molar-refractivity contribution in [3.05, 3.63) is 35.9 Å². The molecule has 1 unspecified atom stereocenters. The van der Waals surface area contributed by atoms with Gasteiger partial charge in [0.25, 0.3) is 0 Å². The van der Waals surface area contributed by atoms with Gasteiger partial charge < -0.3 is 15.5 Å². The minimum Gasteiger partial charge on any atom is -0.354 e. The van der Waals surface area contributed by atoms with Crippen LogP contribution in [0, 0.1) is 0 Å². The minimum absolute atomic E-state index is 0.153. The summed E-state index contributed by atoms with van der Waals surface area (Å²) in [6.07, 6.45) is 2.65. The molecule has 5 nitrogen and oxygen atoms in total. The summed E-state index contributed by atoms with van der Waals surface area (Å²) in [5.74, 6) is 0.999. The van der Waals surface area contributed by atoms with E-state index in [-0.39, 0.29) is 11.9 Å². The van der Waals surface area contributed by atoms with Gasteiger partial charge in [-0.3, -0.25) is 4.79 Å². The lowest BCUT2D eigenvalue weighted by atomic mass is 10.0.